The van der Waals surface area contributed by atoms with E-state index in [0.717, 1.165) is 17.7 Å². The lowest BCUT2D eigenvalue weighted by Gasteiger charge is -2.14. The summed E-state index contributed by atoms with van der Waals surface area (Å²) in [6, 6.07) is 4.10. The standard InChI is InChI=1S/C12H13N5S/c1-9(7-16-6-5-13-8-16)17-11-10(15-12(17)18)3-2-4-14-11/h2-6,8-9H,7H2,1H3,(H,15,18). The zero-order valence-electron chi connectivity index (χ0n) is 9.95. The summed E-state index contributed by atoms with van der Waals surface area (Å²) in [5.74, 6) is 0. The first-order valence-electron chi connectivity index (χ1n) is 5.76. The minimum atomic E-state index is 0.218. The number of aromatic amines is 1. The van der Waals surface area contributed by atoms with Gasteiger partial charge in [-0.05, 0) is 31.3 Å². The molecule has 5 nitrogen and oxygen atoms in total. The number of aromatic nitrogens is 5. The molecular weight excluding hydrogens is 246 g/mol. The van der Waals surface area contributed by atoms with Crippen molar-refractivity contribution in [2.24, 2.45) is 0 Å². The van der Waals surface area contributed by atoms with Crippen LogP contribution in [-0.4, -0.2) is 24.1 Å². The molecule has 1 N–H and O–H groups in total. The van der Waals surface area contributed by atoms with Crippen molar-refractivity contribution >= 4 is 23.4 Å². The number of pyridine rings is 1. The number of hydrogen-bond donors (Lipinski definition) is 1. The van der Waals surface area contributed by atoms with Gasteiger partial charge in [-0.3, -0.25) is 4.57 Å². The number of hydrogen-bond acceptors (Lipinski definition) is 3. The monoisotopic (exact) mass is 259 g/mol. The second kappa shape index (κ2) is 4.38. The summed E-state index contributed by atoms with van der Waals surface area (Å²) in [5.41, 5.74) is 1.87. The zero-order valence-corrected chi connectivity index (χ0v) is 10.8. The average molecular weight is 259 g/mol. The van der Waals surface area contributed by atoms with Crippen LogP contribution < -0.4 is 0 Å². The highest BCUT2D eigenvalue weighted by atomic mass is 32.1. The molecule has 18 heavy (non-hydrogen) atoms. The van der Waals surface area contributed by atoms with E-state index in [9.17, 15) is 0 Å². The van der Waals surface area contributed by atoms with E-state index in [-0.39, 0.29) is 6.04 Å². The number of H-pyrrole nitrogens is 1. The van der Waals surface area contributed by atoms with E-state index in [1.54, 1.807) is 12.4 Å². The smallest absolute Gasteiger partial charge is 0.179 e. The third kappa shape index (κ3) is 1.84. The molecule has 1 atom stereocenters. The molecule has 0 fully saturated rings. The Hall–Kier alpha value is -1.95. The molecule has 3 aromatic heterocycles. The van der Waals surface area contributed by atoms with Crippen LogP contribution in [-0.2, 0) is 6.54 Å². The lowest BCUT2D eigenvalue weighted by Crippen LogP contribution is -2.12. The van der Waals surface area contributed by atoms with Crippen molar-refractivity contribution in [3.05, 3.63) is 41.8 Å². The van der Waals surface area contributed by atoms with Crippen LogP contribution in [0.5, 0.6) is 0 Å². The molecule has 0 bridgehead atoms. The first kappa shape index (κ1) is 11.2. The third-order valence-electron chi connectivity index (χ3n) is 2.95. The Morgan fingerprint density at radius 1 is 1.44 bits per heavy atom. The number of rotatable bonds is 3. The van der Waals surface area contributed by atoms with Gasteiger partial charge < -0.3 is 9.55 Å². The van der Waals surface area contributed by atoms with Crippen molar-refractivity contribution in [1.82, 2.24) is 24.1 Å². The van der Waals surface area contributed by atoms with Gasteiger partial charge in [-0.15, -0.1) is 0 Å². The lowest BCUT2D eigenvalue weighted by atomic mass is 10.3. The summed E-state index contributed by atoms with van der Waals surface area (Å²) in [6.07, 6.45) is 7.32. The molecule has 0 aliphatic rings. The largest absolute Gasteiger partial charge is 0.335 e. The van der Waals surface area contributed by atoms with Crippen molar-refractivity contribution in [2.75, 3.05) is 0 Å². The maximum absolute atomic E-state index is 5.37. The molecule has 0 radical (unpaired) electrons. The van der Waals surface area contributed by atoms with Gasteiger partial charge in [0.1, 0.15) is 0 Å². The van der Waals surface area contributed by atoms with Crippen molar-refractivity contribution in [1.29, 1.82) is 0 Å². The van der Waals surface area contributed by atoms with Gasteiger partial charge in [0.25, 0.3) is 0 Å². The second-order valence-electron chi connectivity index (χ2n) is 4.28. The summed E-state index contributed by atoms with van der Waals surface area (Å²) < 4.78 is 4.79. The van der Waals surface area contributed by atoms with Crippen LogP contribution in [0.2, 0.25) is 0 Å². The highest BCUT2D eigenvalue weighted by Gasteiger charge is 2.12. The predicted octanol–water partition coefficient (Wildman–Crippen LogP) is 2.55. The van der Waals surface area contributed by atoms with Crippen LogP contribution >= 0.6 is 12.2 Å². The highest BCUT2D eigenvalue weighted by molar-refractivity contribution is 7.71. The Kier molecular flexibility index (Phi) is 2.71. The molecule has 6 heteroatoms. The molecule has 3 aromatic rings. The summed E-state index contributed by atoms with van der Waals surface area (Å²) in [4.78, 5) is 11.6. The van der Waals surface area contributed by atoms with Gasteiger partial charge in [0, 0.05) is 25.1 Å². The maximum Gasteiger partial charge on any atom is 0.179 e. The molecule has 3 heterocycles. The Labute approximate surface area is 109 Å². The summed E-state index contributed by atoms with van der Waals surface area (Å²) >= 11 is 5.37. The van der Waals surface area contributed by atoms with E-state index in [4.69, 9.17) is 12.2 Å². The lowest BCUT2D eigenvalue weighted by molar-refractivity contribution is 0.468. The van der Waals surface area contributed by atoms with Crippen molar-refractivity contribution in [2.45, 2.75) is 19.5 Å². The molecule has 0 aliphatic heterocycles. The zero-order chi connectivity index (χ0) is 12.5. The fraction of sp³-hybridized carbons (Fsp3) is 0.250. The molecule has 0 spiro atoms. The van der Waals surface area contributed by atoms with Gasteiger partial charge >= 0.3 is 0 Å². The van der Waals surface area contributed by atoms with Gasteiger partial charge in [-0.25, -0.2) is 9.97 Å². The molecule has 0 saturated heterocycles. The van der Waals surface area contributed by atoms with Crippen LogP contribution in [0.3, 0.4) is 0 Å². The minimum Gasteiger partial charge on any atom is -0.335 e. The summed E-state index contributed by atoms with van der Waals surface area (Å²) in [5, 5.41) is 0. The Morgan fingerprint density at radius 2 is 2.33 bits per heavy atom. The van der Waals surface area contributed by atoms with E-state index in [1.807, 2.05) is 33.8 Å². The molecule has 0 aliphatic carbocycles. The van der Waals surface area contributed by atoms with E-state index in [1.165, 1.54) is 0 Å². The fourth-order valence-electron chi connectivity index (χ4n) is 2.15. The topological polar surface area (TPSA) is 51.4 Å². The van der Waals surface area contributed by atoms with Crippen molar-refractivity contribution in [3.63, 3.8) is 0 Å². The SMILES string of the molecule is CC(Cn1ccnc1)n1c(=S)[nH]c2cccnc21. The number of fused-ring (bicyclic) bond motifs is 1. The number of imidazole rings is 2. The molecule has 3 rings (SSSR count). The molecule has 0 saturated carbocycles. The van der Waals surface area contributed by atoms with E-state index < -0.39 is 0 Å². The Bertz CT molecular complexity index is 709. The fourth-order valence-corrected chi connectivity index (χ4v) is 2.52. The van der Waals surface area contributed by atoms with E-state index in [2.05, 4.69) is 21.9 Å². The number of nitrogens with zero attached hydrogens (tertiary/aromatic N) is 4. The first-order chi connectivity index (χ1) is 8.75. The predicted molar refractivity (Wildman–Crippen MR) is 71.9 cm³/mol. The first-order valence-corrected chi connectivity index (χ1v) is 6.17. The van der Waals surface area contributed by atoms with Gasteiger partial charge in [0.15, 0.2) is 10.4 Å². The molecule has 0 amide bonds. The average Bonchev–Trinajstić information content (AvgIpc) is 2.94. The second-order valence-corrected chi connectivity index (χ2v) is 4.67. The summed E-state index contributed by atoms with van der Waals surface area (Å²) in [7, 11) is 0. The van der Waals surface area contributed by atoms with Crippen LogP contribution in [0.1, 0.15) is 13.0 Å². The van der Waals surface area contributed by atoms with Gasteiger partial charge in [0.05, 0.1) is 17.9 Å². The highest BCUT2D eigenvalue weighted by Crippen LogP contribution is 2.18. The normalized spacial score (nSPS) is 12.9. The minimum absolute atomic E-state index is 0.218. The third-order valence-corrected chi connectivity index (χ3v) is 3.25. The molecular formula is C12H13N5S. The summed E-state index contributed by atoms with van der Waals surface area (Å²) in [6.45, 7) is 2.94. The van der Waals surface area contributed by atoms with Crippen LogP contribution in [0.25, 0.3) is 11.2 Å². The van der Waals surface area contributed by atoms with Crippen molar-refractivity contribution in [3.8, 4) is 0 Å². The van der Waals surface area contributed by atoms with E-state index in [0.29, 0.717) is 4.77 Å². The number of nitrogens with one attached hydrogen (secondary N) is 1. The van der Waals surface area contributed by atoms with Crippen LogP contribution in [0, 0.1) is 4.77 Å². The van der Waals surface area contributed by atoms with Gasteiger partial charge in [-0.2, -0.15) is 0 Å². The molecule has 92 valence electrons. The maximum atomic E-state index is 5.37. The van der Waals surface area contributed by atoms with Crippen LogP contribution in [0.4, 0.5) is 0 Å². The van der Waals surface area contributed by atoms with E-state index >= 15 is 0 Å². The van der Waals surface area contributed by atoms with Gasteiger partial charge in [0.2, 0.25) is 0 Å². The Morgan fingerprint density at radius 3 is 3.11 bits per heavy atom. The van der Waals surface area contributed by atoms with Gasteiger partial charge in [-0.1, -0.05) is 0 Å². The van der Waals surface area contributed by atoms with Crippen molar-refractivity contribution < 1.29 is 0 Å². The quantitative estimate of drug-likeness (QED) is 0.735. The Balaban J connectivity index is 2.03. The van der Waals surface area contributed by atoms with Crippen LogP contribution in [0.15, 0.2) is 37.1 Å². The molecule has 1 unspecified atom stereocenters. The molecule has 0 aromatic carbocycles.